The van der Waals surface area contributed by atoms with Gasteiger partial charge >= 0.3 is 5.82 Å². The Balaban J connectivity index is 1.96. The Labute approximate surface area is 122 Å². The summed E-state index contributed by atoms with van der Waals surface area (Å²) in [5, 5.41) is 17.7. The van der Waals surface area contributed by atoms with Crippen LogP contribution in [0.3, 0.4) is 0 Å². The highest BCUT2D eigenvalue weighted by atomic mass is 35.5. The normalized spacial score (nSPS) is 11.1. The van der Waals surface area contributed by atoms with Crippen LogP contribution in [0, 0.1) is 17.0 Å². The van der Waals surface area contributed by atoms with E-state index in [2.05, 4.69) is 15.1 Å². The second-order valence-electron chi connectivity index (χ2n) is 4.16. The van der Waals surface area contributed by atoms with Gasteiger partial charge in [0.05, 0.1) is 16.9 Å². The van der Waals surface area contributed by atoms with Gasteiger partial charge in [0.2, 0.25) is 0 Å². The van der Waals surface area contributed by atoms with E-state index in [9.17, 15) is 10.1 Å². The molecule has 0 unspecified atom stereocenters. The highest BCUT2D eigenvalue weighted by Crippen LogP contribution is 2.25. The maximum absolute atomic E-state index is 10.8. The zero-order valence-corrected chi connectivity index (χ0v) is 11.9. The Kier molecular flexibility index (Phi) is 3.11. The first-order valence-corrected chi connectivity index (χ1v) is 6.88. The lowest BCUT2D eigenvalue weighted by Gasteiger charge is -1.99. The summed E-state index contributed by atoms with van der Waals surface area (Å²) in [5.74, 6) is 0.315. The van der Waals surface area contributed by atoms with Crippen LogP contribution in [0.2, 0.25) is 5.15 Å². The second kappa shape index (κ2) is 4.80. The zero-order chi connectivity index (χ0) is 14.3. The lowest BCUT2D eigenvalue weighted by Crippen LogP contribution is -2.05. The molecule has 7 nitrogen and oxygen atoms in total. The minimum absolute atomic E-state index is 0.159. The lowest BCUT2D eigenvalue weighted by molar-refractivity contribution is -0.390. The Morgan fingerprint density at radius 3 is 3.00 bits per heavy atom. The SMILES string of the molecule is Cc1cn(Cc2nc(Cl)c3ccsc3n2)nc1[N+](=O)[O-]. The summed E-state index contributed by atoms with van der Waals surface area (Å²) in [4.78, 5) is 19.6. The first kappa shape index (κ1) is 12.9. The zero-order valence-electron chi connectivity index (χ0n) is 10.3. The van der Waals surface area contributed by atoms with Gasteiger partial charge in [0.25, 0.3) is 0 Å². The van der Waals surface area contributed by atoms with Gasteiger partial charge in [-0.3, -0.25) is 0 Å². The van der Waals surface area contributed by atoms with Crippen LogP contribution in [0.15, 0.2) is 17.6 Å². The number of hydrogen-bond acceptors (Lipinski definition) is 6. The third kappa shape index (κ3) is 2.23. The molecule has 3 aromatic heterocycles. The van der Waals surface area contributed by atoms with Crippen molar-refractivity contribution >= 4 is 39.0 Å². The van der Waals surface area contributed by atoms with Crippen molar-refractivity contribution in [3.05, 3.63) is 44.3 Å². The van der Waals surface area contributed by atoms with Crippen LogP contribution in [0.4, 0.5) is 5.82 Å². The van der Waals surface area contributed by atoms with Crippen molar-refractivity contribution in [1.29, 1.82) is 0 Å². The average Bonchev–Trinajstić information content (AvgIpc) is 2.96. The van der Waals surface area contributed by atoms with Crippen molar-refractivity contribution in [1.82, 2.24) is 19.7 Å². The number of rotatable bonds is 3. The van der Waals surface area contributed by atoms with Gasteiger partial charge in [-0.1, -0.05) is 11.6 Å². The van der Waals surface area contributed by atoms with Gasteiger partial charge in [-0.25, -0.2) is 9.97 Å². The van der Waals surface area contributed by atoms with Crippen molar-refractivity contribution in [2.75, 3.05) is 0 Å². The van der Waals surface area contributed by atoms with Crippen LogP contribution >= 0.6 is 22.9 Å². The minimum Gasteiger partial charge on any atom is -0.358 e. The van der Waals surface area contributed by atoms with E-state index in [1.807, 2.05) is 11.4 Å². The van der Waals surface area contributed by atoms with Crippen molar-refractivity contribution in [3.8, 4) is 0 Å². The monoisotopic (exact) mass is 309 g/mol. The van der Waals surface area contributed by atoms with Crippen LogP contribution in [-0.2, 0) is 6.54 Å². The molecule has 0 aromatic carbocycles. The molecular formula is C11H8ClN5O2S. The molecule has 0 spiro atoms. The number of aryl methyl sites for hydroxylation is 1. The summed E-state index contributed by atoms with van der Waals surface area (Å²) in [7, 11) is 0. The topological polar surface area (TPSA) is 86.7 Å². The quantitative estimate of drug-likeness (QED) is 0.422. The molecule has 20 heavy (non-hydrogen) atoms. The number of nitrogens with zero attached hydrogens (tertiary/aromatic N) is 5. The van der Waals surface area contributed by atoms with E-state index >= 15 is 0 Å². The maximum atomic E-state index is 10.8. The van der Waals surface area contributed by atoms with Crippen molar-refractivity contribution in [3.63, 3.8) is 0 Å². The molecule has 3 heterocycles. The van der Waals surface area contributed by atoms with Crippen LogP contribution < -0.4 is 0 Å². The summed E-state index contributed by atoms with van der Waals surface area (Å²) in [6.45, 7) is 1.88. The third-order valence-corrected chi connectivity index (χ3v) is 3.81. The molecule has 0 amide bonds. The smallest absolute Gasteiger partial charge is 0.358 e. The molecular weight excluding hydrogens is 302 g/mol. The fourth-order valence-electron chi connectivity index (χ4n) is 1.85. The number of halogens is 1. The van der Waals surface area contributed by atoms with Gasteiger partial charge in [0, 0.05) is 5.39 Å². The highest BCUT2D eigenvalue weighted by molar-refractivity contribution is 7.16. The Morgan fingerprint density at radius 1 is 1.50 bits per heavy atom. The molecule has 0 fully saturated rings. The Bertz CT molecular complexity index is 812. The predicted octanol–water partition coefficient (Wildman–Crippen LogP) is 2.81. The maximum Gasteiger partial charge on any atom is 0.392 e. The van der Waals surface area contributed by atoms with Crippen molar-refractivity contribution in [2.45, 2.75) is 13.5 Å². The molecule has 0 radical (unpaired) electrons. The van der Waals surface area contributed by atoms with Gasteiger partial charge in [-0.05, 0) is 23.3 Å². The number of aromatic nitrogens is 4. The van der Waals surface area contributed by atoms with Gasteiger partial charge < -0.3 is 10.1 Å². The fraction of sp³-hybridized carbons (Fsp3) is 0.182. The third-order valence-electron chi connectivity index (χ3n) is 2.72. The van der Waals surface area contributed by atoms with E-state index in [0.29, 0.717) is 16.5 Å². The van der Waals surface area contributed by atoms with E-state index < -0.39 is 4.92 Å². The summed E-state index contributed by atoms with van der Waals surface area (Å²) < 4.78 is 1.44. The molecule has 0 N–H and O–H groups in total. The molecule has 0 saturated heterocycles. The molecule has 0 aliphatic rings. The van der Waals surface area contributed by atoms with Gasteiger partial charge in [0.15, 0.2) is 5.82 Å². The summed E-state index contributed by atoms with van der Waals surface area (Å²) >= 11 is 7.54. The number of thiophene rings is 1. The minimum atomic E-state index is -0.512. The molecule has 0 aliphatic heterocycles. The van der Waals surface area contributed by atoms with Crippen molar-refractivity contribution < 1.29 is 4.92 Å². The Morgan fingerprint density at radius 2 is 2.30 bits per heavy atom. The van der Waals surface area contributed by atoms with Crippen LogP contribution in [0.5, 0.6) is 0 Å². The lowest BCUT2D eigenvalue weighted by atomic mass is 10.4. The molecule has 3 aromatic rings. The number of fused-ring (bicyclic) bond motifs is 1. The molecule has 9 heteroatoms. The van der Waals surface area contributed by atoms with Crippen LogP contribution in [-0.4, -0.2) is 24.7 Å². The van der Waals surface area contributed by atoms with E-state index in [1.54, 1.807) is 13.1 Å². The van der Waals surface area contributed by atoms with E-state index in [1.165, 1.54) is 16.0 Å². The van der Waals surface area contributed by atoms with E-state index in [0.717, 1.165) is 10.2 Å². The summed E-state index contributed by atoms with van der Waals surface area (Å²) in [6.07, 6.45) is 1.59. The fourth-order valence-corrected chi connectivity index (χ4v) is 2.94. The van der Waals surface area contributed by atoms with Gasteiger partial charge in [-0.15, -0.1) is 11.3 Å². The molecule has 0 bridgehead atoms. The van der Waals surface area contributed by atoms with Gasteiger partial charge in [0.1, 0.15) is 16.5 Å². The predicted molar refractivity (Wildman–Crippen MR) is 75.1 cm³/mol. The molecule has 0 atom stereocenters. The van der Waals surface area contributed by atoms with Crippen LogP contribution in [0.25, 0.3) is 10.2 Å². The summed E-state index contributed by atoms with van der Waals surface area (Å²) in [6, 6.07) is 1.86. The highest BCUT2D eigenvalue weighted by Gasteiger charge is 2.18. The molecule has 3 rings (SSSR count). The van der Waals surface area contributed by atoms with E-state index in [4.69, 9.17) is 11.6 Å². The van der Waals surface area contributed by atoms with Crippen LogP contribution in [0.1, 0.15) is 11.4 Å². The Hall–Kier alpha value is -2.06. The average molecular weight is 310 g/mol. The summed E-state index contributed by atoms with van der Waals surface area (Å²) in [5.41, 5.74) is 0.498. The van der Waals surface area contributed by atoms with Gasteiger partial charge in [-0.2, -0.15) is 4.68 Å². The first-order chi connectivity index (χ1) is 9.54. The standard InChI is InChI=1S/C11H8ClN5O2S/c1-6-4-16(15-10(6)17(18)19)5-8-13-9(12)7-2-3-20-11(7)14-8/h2-4H,5H2,1H3. The first-order valence-electron chi connectivity index (χ1n) is 5.62. The largest absolute Gasteiger partial charge is 0.392 e. The molecule has 102 valence electrons. The molecule has 0 saturated carbocycles. The van der Waals surface area contributed by atoms with E-state index in [-0.39, 0.29) is 12.4 Å². The van der Waals surface area contributed by atoms with Crippen molar-refractivity contribution in [2.24, 2.45) is 0 Å². The molecule has 0 aliphatic carbocycles. The number of hydrogen-bond donors (Lipinski definition) is 0. The second-order valence-corrected chi connectivity index (χ2v) is 5.41. The number of nitro groups is 1.